The van der Waals surface area contributed by atoms with Crippen LogP contribution in [0, 0.1) is 5.92 Å². The number of halogens is 1. The molecule has 2 unspecified atom stereocenters. The van der Waals surface area contributed by atoms with Crippen molar-refractivity contribution in [3.05, 3.63) is 0 Å². The molecule has 0 rings (SSSR count). The lowest BCUT2D eigenvalue weighted by molar-refractivity contribution is 0.313. The summed E-state index contributed by atoms with van der Waals surface area (Å²) < 4.78 is 0. The Balaban J connectivity index is 0. The van der Waals surface area contributed by atoms with Gasteiger partial charge in [-0.1, -0.05) is 124 Å². The molecule has 0 aromatic heterocycles. The van der Waals surface area contributed by atoms with Crippen LogP contribution in [0.4, 0.5) is 0 Å². The lowest BCUT2D eigenvalue weighted by atomic mass is 9.81. The Hall–Kier alpha value is 1.16. The highest BCUT2D eigenvalue weighted by atomic mass is 127. The zero-order valence-corrected chi connectivity index (χ0v) is 22.3. The number of unbranched alkanes of at least 4 members (excludes halogenated alkanes) is 13. The van der Waals surface area contributed by atoms with Crippen LogP contribution in [0.5, 0.6) is 0 Å². The van der Waals surface area contributed by atoms with E-state index < -0.39 is 0 Å². The average Bonchev–Trinajstić information content (AvgIpc) is 2.64. The van der Waals surface area contributed by atoms with Gasteiger partial charge in [0.05, 0.1) is 0 Å². The summed E-state index contributed by atoms with van der Waals surface area (Å²) in [6.07, 6.45) is 25.9. The molecular formula is C24H52IP. The van der Waals surface area contributed by atoms with Crippen LogP contribution >= 0.6 is 33.2 Å². The minimum absolute atomic E-state index is 0. The highest BCUT2D eigenvalue weighted by Crippen LogP contribution is 2.39. The third-order valence-electron chi connectivity index (χ3n) is 6.53. The predicted molar refractivity (Wildman–Crippen MR) is 137 cm³/mol. The van der Waals surface area contributed by atoms with Crippen LogP contribution in [0.1, 0.15) is 143 Å². The first-order valence-electron chi connectivity index (χ1n) is 11.9. The fourth-order valence-electron chi connectivity index (χ4n) is 4.31. The van der Waals surface area contributed by atoms with Crippen LogP contribution in [-0.2, 0) is 0 Å². The van der Waals surface area contributed by atoms with Gasteiger partial charge in [-0.15, -0.1) is 33.2 Å². The van der Waals surface area contributed by atoms with Crippen molar-refractivity contribution in [2.75, 3.05) is 0 Å². The summed E-state index contributed by atoms with van der Waals surface area (Å²) in [5.41, 5.74) is 0. The minimum atomic E-state index is 0. The summed E-state index contributed by atoms with van der Waals surface area (Å²) in [5.74, 6) is 0.907. The number of hydrogen-bond donors (Lipinski definition) is 0. The van der Waals surface area contributed by atoms with Gasteiger partial charge in [0, 0.05) is 0 Å². The molecular weight excluding hydrogens is 446 g/mol. The molecule has 2 atom stereocenters. The molecule has 0 nitrogen and oxygen atoms in total. The normalized spacial score (nSPS) is 12.8. The van der Waals surface area contributed by atoms with Gasteiger partial charge in [0.25, 0.3) is 0 Å². The average molecular weight is 499 g/mol. The van der Waals surface area contributed by atoms with Gasteiger partial charge in [0.15, 0.2) is 0 Å². The molecule has 0 N–H and O–H groups in total. The summed E-state index contributed by atoms with van der Waals surface area (Å²) in [6, 6.07) is 0. The molecule has 0 amide bonds. The van der Waals surface area contributed by atoms with Crippen molar-refractivity contribution in [3.8, 4) is 0 Å². The third-order valence-corrected chi connectivity index (χ3v) is 7.82. The quantitative estimate of drug-likeness (QED) is 0.0944. The highest BCUT2D eigenvalue weighted by Gasteiger charge is 2.28. The highest BCUT2D eigenvalue weighted by molar-refractivity contribution is 14.0. The first-order chi connectivity index (χ1) is 12.1. The van der Waals surface area contributed by atoms with Crippen molar-refractivity contribution in [3.63, 3.8) is 0 Å². The van der Waals surface area contributed by atoms with Gasteiger partial charge in [-0.3, -0.25) is 0 Å². The molecule has 0 aromatic carbocycles. The SMILES string of the molecule is CCCCCCCCCCCCCCCCC(CC)C(P)(CC)CC.I. The summed E-state index contributed by atoms with van der Waals surface area (Å²) in [5, 5.41) is 0.505. The summed E-state index contributed by atoms with van der Waals surface area (Å²) in [7, 11) is 3.20. The Morgan fingerprint density at radius 3 is 1.23 bits per heavy atom. The molecule has 0 spiro atoms. The van der Waals surface area contributed by atoms with E-state index in [1.165, 1.54) is 116 Å². The molecule has 0 aromatic rings. The first kappa shape index (κ1) is 29.4. The second-order valence-corrected chi connectivity index (χ2v) is 9.58. The van der Waals surface area contributed by atoms with Crippen LogP contribution in [0.15, 0.2) is 0 Å². The molecule has 0 fully saturated rings. The first-order valence-corrected chi connectivity index (χ1v) is 12.5. The van der Waals surface area contributed by atoms with E-state index in [9.17, 15) is 0 Å². The largest absolute Gasteiger partial charge is 0.131 e. The van der Waals surface area contributed by atoms with E-state index >= 15 is 0 Å². The standard InChI is InChI=1S/C24H51P.HI/c1-5-9-10-11-12-13-14-15-16-17-18-19-20-21-22-23(6-2)24(25,7-3)8-4;/h23H,5-22,25H2,1-4H3;1H. The van der Waals surface area contributed by atoms with Gasteiger partial charge in [0.2, 0.25) is 0 Å². The van der Waals surface area contributed by atoms with Crippen molar-refractivity contribution >= 4 is 33.2 Å². The Morgan fingerprint density at radius 1 is 0.577 bits per heavy atom. The Labute approximate surface area is 187 Å². The topological polar surface area (TPSA) is 0 Å². The maximum Gasteiger partial charge on any atom is -0.0127 e. The molecule has 0 aliphatic carbocycles. The van der Waals surface area contributed by atoms with Crippen LogP contribution in [-0.4, -0.2) is 5.16 Å². The number of rotatable bonds is 19. The van der Waals surface area contributed by atoms with Gasteiger partial charge in [0.1, 0.15) is 0 Å². The van der Waals surface area contributed by atoms with Crippen LogP contribution in [0.2, 0.25) is 0 Å². The molecule has 2 heteroatoms. The second kappa shape index (κ2) is 20.9. The lowest BCUT2D eigenvalue weighted by Crippen LogP contribution is -2.29. The monoisotopic (exact) mass is 498 g/mol. The van der Waals surface area contributed by atoms with E-state index in [4.69, 9.17) is 0 Å². The Kier molecular flexibility index (Phi) is 23.6. The molecule has 0 radical (unpaired) electrons. The van der Waals surface area contributed by atoms with Gasteiger partial charge >= 0.3 is 0 Å². The summed E-state index contributed by atoms with van der Waals surface area (Å²) >= 11 is 0. The van der Waals surface area contributed by atoms with Gasteiger partial charge in [-0.2, -0.15) is 0 Å². The molecule has 0 heterocycles. The van der Waals surface area contributed by atoms with E-state index in [2.05, 4.69) is 36.9 Å². The fraction of sp³-hybridized carbons (Fsp3) is 1.00. The smallest absolute Gasteiger partial charge is 0.0127 e. The van der Waals surface area contributed by atoms with Gasteiger partial charge in [-0.25, -0.2) is 0 Å². The fourth-order valence-corrected chi connectivity index (χ4v) is 4.71. The molecule has 0 saturated carbocycles. The van der Waals surface area contributed by atoms with Gasteiger partial charge in [-0.05, 0) is 30.3 Å². The summed E-state index contributed by atoms with van der Waals surface area (Å²) in [6.45, 7) is 9.42. The van der Waals surface area contributed by atoms with Crippen molar-refractivity contribution in [1.29, 1.82) is 0 Å². The van der Waals surface area contributed by atoms with E-state index in [1.807, 2.05) is 0 Å². The van der Waals surface area contributed by atoms with Crippen molar-refractivity contribution < 1.29 is 0 Å². The molecule has 0 saturated heterocycles. The lowest BCUT2D eigenvalue weighted by Gasteiger charge is -2.36. The zero-order valence-electron chi connectivity index (χ0n) is 18.8. The predicted octanol–water partition coefficient (Wildman–Crippen LogP) is 9.94. The zero-order chi connectivity index (χ0) is 18.8. The molecule has 0 aliphatic heterocycles. The second-order valence-electron chi connectivity index (χ2n) is 8.43. The van der Waals surface area contributed by atoms with Crippen LogP contribution in [0.25, 0.3) is 0 Å². The molecule has 26 heavy (non-hydrogen) atoms. The van der Waals surface area contributed by atoms with E-state index in [-0.39, 0.29) is 24.0 Å². The van der Waals surface area contributed by atoms with Gasteiger partial charge < -0.3 is 0 Å². The van der Waals surface area contributed by atoms with E-state index in [1.54, 1.807) is 0 Å². The van der Waals surface area contributed by atoms with E-state index in [0.29, 0.717) is 5.16 Å². The summed E-state index contributed by atoms with van der Waals surface area (Å²) in [4.78, 5) is 0. The molecule has 160 valence electrons. The van der Waals surface area contributed by atoms with Crippen LogP contribution < -0.4 is 0 Å². The third kappa shape index (κ3) is 15.1. The molecule has 0 aliphatic rings. The maximum absolute atomic E-state index is 3.20. The van der Waals surface area contributed by atoms with Crippen molar-refractivity contribution in [1.82, 2.24) is 0 Å². The van der Waals surface area contributed by atoms with E-state index in [0.717, 1.165) is 5.92 Å². The number of hydrogen-bond acceptors (Lipinski definition) is 0. The van der Waals surface area contributed by atoms with Crippen LogP contribution in [0.3, 0.4) is 0 Å². The maximum atomic E-state index is 3.20. The Bertz CT molecular complexity index is 263. The molecule has 0 bridgehead atoms. The van der Waals surface area contributed by atoms with Crippen molar-refractivity contribution in [2.24, 2.45) is 5.92 Å². The minimum Gasteiger partial charge on any atom is -0.131 e. The Morgan fingerprint density at radius 2 is 0.923 bits per heavy atom. The van der Waals surface area contributed by atoms with Crippen molar-refractivity contribution in [2.45, 2.75) is 148 Å².